The summed E-state index contributed by atoms with van der Waals surface area (Å²) in [5, 5.41) is 3.14. The van der Waals surface area contributed by atoms with Crippen LogP contribution in [-0.2, 0) is 4.79 Å². The van der Waals surface area contributed by atoms with E-state index in [0.717, 1.165) is 0 Å². The number of nitrogens with one attached hydrogen (secondary N) is 1. The lowest BCUT2D eigenvalue weighted by atomic mass is 9.83. The molecule has 0 aromatic carbocycles. The fourth-order valence-corrected chi connectivity index (χ4v) is 2.38. The number of hydrogen-bond acceptors (Lipinski definition) is 4. The Bertz CT molecular complexity index is 442. The monoisotopic (exact) mass is 246 g/mol. The second-order valence-electron chi connectivity index (χ2n) is 5.01. The van der Waals surface area contributed by atoms with Crippen molar-refractivity contribution in [3.8, 4) is 0 Å². The Morgan fingerprint density at radius 1 is 1.28 bits per heavy atom. The van der Waals surface area contributed by atoms with E-state index >= 15 is 0 Å². The Balaban J connectivity index is 2.17. The van der Waals surface area contributed by atoms with E-state index in [1.165, 1.54) is 0 Å². The first-order chi connectivity index (χ1) is 8.61. The van der Waals surface area contributed by atoms with Gasteiger partial charge >= 0.3 is 0 Å². The molecule has 2 heterocycles. The zero-order chi connectivity index (χ0) is 13.1. The average molecular weight is 246 g/mol. The molecule has 0 radical (unpaired) electrons. The summed E-state index contributed by atoms with van der Waals surface area (Å²) in [6, 6.07) is 5.28. The molecule has 1 aliphatic rings. The van der Waals surface area contributed by atoms with Crippen LogP contribution in [0.2, 0.25) is 0 Å². The summed E-state index contributed by atoms with van der Waals surface area (Å²) in [5.41, 5.74) is 0.452. The zero-order valence-corrected chi connectivity index (χ0v) is 10.7. The van der Waals surface area contributed by atoms with Crippen molar-refractivity contribution in [1.82, 2.24) is 10.3 Å². The SMILES string of the molecule is CC(C)C(=O)C1CNCC1C(=O)c1ccccn1. The van der Waals surface area contributed by atoms with E-state index in [4.69, 9.17) is 0 Å². The Labute approximate surface area is 107 Å². The molecule has 18 heavy (non-hydrogen) atoms. The molecule has 1 aromatic rings. The summed E-state index contributed by atoms with van der Waals surface area (Å²) in [7, 11) is 0. The van der Waals surface area contributed by atoms with Gasteiger partial charge in [-0.3, -0.25) is 14.6 Å². The van der Waals surface area contributed by atoms with Crippen molar-refractivity contribution in [2.24, 2.45) is 17.8 Å². The number of nitrogens with zero attached hydrogens (tertiary/aromatic N) is 1. The molecule has 1 saturated heterocycles. The van der Waals surface area contributed by atoms with Crippen LogP contribution < -0.4 is 5.32 Å². The summed E-state index contributed by atoms with van der Waals surface area (Å²) < 4.78 is 0. The van der Waals surface area contributed by atoms with Crippen LogP contribution in [0.3, 0.4) is 0 Å². The van der Waals surface area contributed by atoms with E-state index in [2.05, 4.69) is 10.3 Å². The predicted octanol–water partition coefficient (Wildman–Crippen LogP) is 1.32. The van der Waals surface area contributed by atoms with Crippen molar-refractivity contribution in [2.45, 2.75) is 13.8 Å². The maximum atomic E-state index is 12.3. The molecule has 2 rings (SSSR count). The van der Waals surface area contributed by atoms with Crippen LogP contribution in [0.1, 0.15) is 24.3 Å². The smallest absolute Gasteiger partial charge is 0.186 e. The minimum Gasteiger partial charge on any atom is -0.315 e. The molecule has 1 N–H and O–H groups in total. The highest BCUT2D eigenvalue weighted by atomic mass is 16.1. The number of pyridine rings is 1. The second kappa shape index (κ2) is 5.40. The Hall–Kier alpha value is -1.55. The van der Waals surface area contributed by atoms with Crippen molar-refractivity contribution in [3.63, 3.8) is 0 Å². The summed E-state index contributed by atoms with van der Waals surface area (Å²) in [4.78, 5) is 28.5. The van der Waals surface area contributed by atoms with Gasteiger partial charge in [-0.1, -0.05) is 19.9 Å². The van der Waals surface area contributed by atoms with E-state index in [1.807, 2.05) is 13.8 Å². The molecule has 4 nitrogen and oxygen atoms in total. The Morgan fingerprint density at radius 3 is 2.61 bits per heavy atom. The lowest BCUT2D eigenvalue weighted by Gasteiger charge is -2.17. The number of Topliss-reactive ketones (excluding diaryl/α,β-unsaturated/α-hetero) is 2. The van der Waals surface area contributed by atoms with Gasteiger partial charge in [0, 0.05) is 37.0 Å². The maximum Gasteiger partial charge on any atom is 0.186 e. The van der Waals surface area contributed by atoms with Crippen LogP contribution >= 0.6 is 0 Å². The largest absolute Gasteiger partial charge is 0.315 e. The van der Waals surface area contributed by atoms with E-state index in [9.17, 15) is 9.59 Å². The number of ketones is 2. The molecule has 0 spiro atoms. The van der Waals surface area contributed by atoms with E-state index < -0.39 is 0 Å². The second-order valence-corrected chi connectivity index (χ2v) is 5.01. The van der Waals surface area contributed by atoms with Gasteiger partial charge < -0.3 is 5.32 Å². The van der Waals surface area contributed by atoms with Gasteiger partial charge in [-0.2, -0.15) is 0 Å². The average Bonchev–Trinajstić information content (AvgIpc) is 2.87. The number of carbonyl (C=O) groups excluding carboxylic acids is 2. The van der Waals surface area contributed by atoms with E-state index in [0.29, 0.717) is 18.8 Å². The molecular weight excluding hydrogens is 228 g/mol. The van der Waals surface area contributed by atoms with Crippen LogP contribution in [0.15, 0.2) is 24.4 Å². The number of carbonyl (C=O) groups is 2. The fourth-order valence-electron chi connectivity index (χ4n) is 2.38. The lowest BCUT2D eigenvalue weighted by Crippen LogP contribution is -2.31. The minimum atomic E-state index is -0.269. The van der Waals surface area contributed by atoms with Crippen LogP contribution in [0, 0.1) is 17.8 Å². The molecular formula is C14H18N2O2. The van der Waals surface area contributed by atoms with Crippen LogP contribution in [0.25, 0.3) is 0 Å². The Morgan fingerprint density at radius 2 is 2.00 bits per heavy atom. The molecule has 0 saturated carbocycles. The van der Waals surface area contributed by atoms with Gasteiger partial charge in [0.1, 0.15) is 11.5 Å². The summed E-state index contributed by atoms with van der Waals surface area (Å²) in [5.74, 6) is -0.378. The van der Waals surface area contributed by atoms with Crippen molar-refractivity contribution >= 4 is 11.6 Å². The molecule has 0 bridgehead atoms. The molecule has 4 heteroatoms. The fraction of sp³-hybridized carbons (Fsp3) is 0.500. The molecule has 2 atom stereocenters. The van der Waals surface area contributed by atoms with Gasteiger partial charge in [-0.05, 0) is 12.1 Å². The third-order valence-electron chi connectivity index (χ3n) is 3.40. The Kier molecular flexibility index (Phi) is 3.87. The van der Waals surface area contributed by atoms with E-state index in [-0.39, 0.29) is 29.3 Å². The van der Waals surface area contributed by atoms with Gasteiger partial charge in [-0.15, -0.1) is 0 Å². The molecule has 2 unspecified atom stereocenters. The molecule has 1 aliphatic heterocycles. The maximum absolute atomic E-state index is 12.3. The number of hydrogen-bond donors (Lipinski definition) is 1. The summed E-state index contributed by atoms with van der Waals surface area (Å²) in [6.07, 6.45) is 1.61. The van der Waals surface area contributed by atoms with Gasteiger partial charge in [0.2, 0.25) is 0 Å². The predicted molar refractivity (Wildman–Crippen MR) is 68.3 cm³/mol. The van der Waals surface area contributed by atoms with Crippen LogP contribution in [0.4, 0.5) is 0 Å². The number of rotatable bonds is 4. The third-order valence-corrected chi connectivity index (χ3v) is 3.40. The molecule has 1 fully saturated rings. The summed E-state index contributed by atoms with van der Waals surface area (Å²) in [6.45, 7) is 4.92. The van der Waals surface area contributed by atoms with Crippen LogP contribution in [-0.4, -0.2) is 29.6 Å². The van der Waals surface area contributed by atoms with Gasteiger partial charge in [0.05, 0.1) is 0 Å². The lowest BCUT2D eigenvalue weighted by molar-refractivity contribution is -0.126. The molecule has 1 aromatic heterocycles. The molecule has 96 valence electrons. The topological polar surface area (TPSA) is 59.1 Å². The molecule has 0 amide bonds. The number of aromatic nitrogens is 1. The van der Waals surface area contributed by atoms with Gasteiger partial charge in [-0.25, -0.2) is 0 Å². The first-order valence-corrected chi connectivity index (χ1v) is 6.31. The highest BCUT2D eigenvalue weighted by Gasteiger charge is 2.38. The minimum absolute atomic E-state index is 0.0281. The molecule has 0 aliphatic carbocycles. The first kappa shape index (κ1) is 12.9. The van der Waals surface area contributed by atoms with Gasteiger partial charge in [0.25, 0.3) is 0 Å². The summed E-state index contributed by atoms with van der Waals surface area (Å²) >= 11 is 0. The van der Waals surface area contributed by atoms with Crippen molar-refractivity contribution < 1.29 is 9.59 Å². The third kappa shape index (κ3) is 2.48. The first-order valence-electron chi connectivity index (χ1n) is 6.31. The standard InChI is InChI=1S/C14H18N2O2/c1-9(2)13(17)10-7-15-8-11(10)14(18)12-5-3-4-6-16-12/h3-6,9-11,15H,7-8H2,1-2H3. The van der Waals surface area contributed by atoms with Crippen molar-refractivity contribution in [1.29, 1.82) is 0 Å². The quantitative estimate of drug-likeness (QED) is 0.814. The van der Waals surface area contributed by atoms with Crippen molar-refractivity contribution in [2.75, 3.05) is 13.1 Å². The normalized spacial score (nSPS) is 23.3. The highest BCUT2D eigenvalue weighted by molar-refractivity contribution is 6.00. The highest BCUT2D eigenvalue weighted by Crippen LogP contribution is 2.24. The van der Waals surface area contributed by atoms with E-state index in [1.54, 1.807) is 24.4 Å². The zero-order valence-electron chi connectivity index (χ0n) is 10.7. The van der Waals surface area contributed by atoms with Gasteiger partial charge in [0.15, 0.2) is 5.78 Å². The van der Waals surface area contributed by atoms with Crippen molar-refractivity contribution in [3.05, 3.63) is 30.1 Å². The van der Waals surface area contributed by atoms with Crippen LogP contribution in [0.5, 0.6) is 0 Å².